The molecule has 1 atom stereocenters. The van der Waals surface area contributed by atoms with Crippen molar-refractivity contribution in [1.29, 1.82) is 0 Å². The normalized spacial score (nSPS) is 20.7. The van der Waals surface area contributed by atoms with E-state index in [1.807, 2.05) is 29.2 Å². The molecule has 19 heavy (non-hydrogen) atoms. The Kier molecular flexibility index (Phi) is 3.21. The molecule has 1 aliphatic heterocycles. The van der Waals surface area contributed by atoms with Crippen LogP contribution in [0.2, 0.25) is 0 Å². The number of para-hydroxylation sites is 2. The maximum absolute atomic E-state index is 11.3. The molecule has 1 fully saturated rings. The van der Waals surface area contributed by atoms with Gasteiger partial charge in [0.05, 0.1) is 17.6 Å². The van der Waals surface area contributed by atoms with E-state index in [0.717, 1.165) is 42.7 Å². The highest BCUT2D eigenvalue weighted by atomic mass is 16.4. The molecule has 0 spiro atoms. The summed E-state index contributed by atoms with van der Waals surface area (Å²) in [6, 6.07) is 7.48. The largest absolute Gasteiger partial charge is 0.480 e. The van der Waals surface area contributed by atoms with E-state index in [9.17, 15) is 9.90 Å². The van der Waals surface area contributed by atoms with E-state index in [0.29, 0.717) is 6.54 Å². The minimum Gasteiger partial charge on any atom is -0.480 e. The fourth-order valence-electron chi connectivity index (χ4n) is 2.73. The number of rotatable bonds is 3. The van der Waals surface area contributed by atoms with E-state index in [2.05, 4.69) is 9.97 Å². The Morgan fingerprint density at radius 2 is 2.26 bits per heavy atom. The van der Waals surface area contributed by atoms with Gasteiger partial charge in [-0.3, -0.25) is 9.69 Å². The van der Waals surface area contributed by atoms with Gasteiger partial charge in [-0.05, 0) is 31.5 Å². The van der Waals surface area contributed by atoms with Crippen LogP contribution in [0.5, 0.6) is 0 Å². The predicted molar refractivity (Wildman–Crippen MR) is 71.8 cm³/mol. The summed E-state index contributed by atoms with van der Waals surface area (Å²) in [5.41, 5.74) is 1.93. The number of benzene rings is 1. The van der Waals surface area contributed by atoms with E-state index >= 15 is 0 Å². The number of imidazole rings is 1. The Morgan fingerprint density at radius 3 is 3.05 bits per heavy atom. The minimum absolute atomic E-state index is 0.373. The summed E-state index contributed by atoms with van der Waals surface area (Å²) in [6.07, 6.45) is 2.78. The maximum Gasteiger partial charge on any atom is 0.320 e. The van der Waals surface area contributed by atoms with E-state index in [1.54, 1.807) is 0 Å². The van der Waals surface area contributed by atoms with Gasteiger partial charge >= 0.3 is 5.97 Å². The zero-order chi connectivity index (χ0) is 13.2. The van der Waals surface area contributed by atoms with Crippen molar-refractivity contribution in [3.05, 3.63) is 30.1 Å². The molecular formula is C14H17N3O2. The molecule has 1 aromatic carbocycles. The molecule has 5 nitrogen and oxygen atoms in total. The number of aliphatic carboxylic acids is 1. The molecule has 0 bridgehead atoms. The number of hydrogen-bond acceptors (Lipinski definition) is 3. The molecule has 1 aliphatic rings. The van der Waals surface area contributed by atoms with Crippen LogP contribution in [0.25, 0.3) is 11.0 Å². The van der Waals surface area contributed by atoms with Gasteiger partial charge in [-0.1, -0.05) is 18.6 Å². The Labute approximate surface area is 111 Å². The summed E-state index contributed by atoms with van der Waals surface area (Å²) in [6.45, 7) is 1.40. The summed E-state index contributed by atoms with van der Waals surface area (Å²) in [5, 5.41) is 9.25. The van der Waals surface area contributed by atoms with E-state index < -0.39 is 5.97 Å². The highest BCUT2D eigenvalue weighted by molar-refractivity contribution is 5.75. The predicted octanol–water partition coefficient (Wildman–Crippen LogP) is 2.00. The van der Waals surface area contributed by atoms with Crippen LogP contribution in [0.15, 0.2) is 24.3 Å². The Hall–Kier alpha value is -1.88. The van der Waals surface area contributed by atoms with Gasteiger partial charge in [-0.25, -0.2) is 4.98 Å². The van der Waals surface area contributed by atoms with Crippen LogP contribution >= 0.6 is 0 Å². The molecule has 5 heteroatoms. The van der Waals surface area contributed by atoms with Gasteiger partial charge in [0.15, 0.2) is 0 Å². The van der Waals surface area contributed by atoms with Gasteiger partial charge in [-0.2, -0.15) is 0 Å². The first-order chi connectivity index (χ1) is 9.24. The quantitative estimate of drug-likeness (QED) is 0.884. The zero-order valence-corrected chi connectivity index (χ0v) is 10.7. The number of carbonyl (C=O) groups is 1. The van der Waals surface area contributed by atoms with Gasteiger partial charge < -0.3 is 10.1 Å². The van der Waals surface area contributed by atoms with Crippen LogP contribution in [0.1, 0.15) is 25.1 Å². The molecule has 0 saturated carbocycles. The summed E-state index contributed by atoms with van der Waals surface area (Å²) >= 11 is 0. The highest BCUT2D eigenvalue weighted by Gasteiger charge is 2.28. The lowest BCUT2D eigenvalue weighted by atomic mass is 10.0. The molecule has 2 heterocycles. The number of fused-ring (bicyclic) bond motifs is 1. The maximum atomic E-state index is 11.3. The average molecular weight is 259 g/mol. The number of hydrogen-bond donors (Lipinski definition) is 2. The molecule has 0 amide bonds. The first-order valence-electron chi connectivity index (χ1n) is 6.64. The van der Waals surface area contributed by atoms with Crippen molar-refractivity contribution in [2.45, 2.75) is 31.8 Å². The van der Waals surface area contributed by atoms with E-state index in [1.165, 1.54) is 0 Å². The Bertz CT molecular complexity index is 560. The minimum atomic E-state index is -0.726. The number of nitrogens with one attached hydrogen (secondary N) is 1. The molecule has 0 unspecified atom stereocenters. The number of aromatic amines is 1. The summed E-state index contributed by atoms with van der Waals surface area (Å²) in [5.74, 6) is 0.116. The SMILES string of the molecule is O=C(O)[C@@H]1CCCCN1Cc1nc2ccccc2[nH]1. The average Bonchev–Trinajstić information content (AvgIpc) is 2.81. The number of piperidine rings is 1. The molecule has 0 aliphatic carbocycles. The van der Waals surface area contributed by atoms with Crippen LogP contribution in [0.3, 0.4) is 0 Å². The lowest BCUT2D eigenvalue weighted by Crippen LogP contribution is -2.44. The summed E-state index contributed by atoms with van der Waals surface area (Å²) < 4.78 is 0. The lowest BCUT2D eigenvalue weighted by molar-refractivity contribution is -0.144. The highest BCUT2D eigenvalue weighted by Crippen LogP contribution is 2.20. The second-order valence-electron chi connectivity index (χ2n) is 5.02. The standard InChI is InChI=1S/C14H17N3O2/c18-14(19)12-7-3-4-8-17(12)9-13-15-10-5-1-2-6-11(10)16-13/h1-2,5-6,12H,3-4,7-9H2,(H,15,16)(H,18,19)/t12-/m0/s1. The van der Waals surface area contributed by atoms with Crippen LogP contribution < -0.4 is 0 Å². The molecular weight excluding hydrogens is 242 g/mol. The smallest absolute Gasteiger partial charge is 0.320 e. The van der Waals surface area contributed by atoms with Crippen molar-refractivity contribution in [3.8, 4) is 0 Å². The van der Waals surface area contributed by atoms with Crippen LogP contribution in [0.4, 0.5) is 0 Å². The molecule has 3 rings (SSSR count). The van der Waals surface area contributed by atoms with Crippen LogP contribution in [-0.2, 0) is 11.3 Å². The van der Waals surface area contributed by atoms with E-state index in [-0.39, 0.29) is 6.04 Å². The van der Waals surface area contributed by atoms with Gasteiger partial charge in [-0.15, -0.1) is 0 Å². The number of aromatic nitrogens is 2. The number of carboxylic acid groups (broad SMARTS) is 1. The summed E-state index contributed by atoms with van der Waals surface area (Å²) in [7, 11) is 0. The molecule has 1 aromatic heterocycles. The second kappa shape index (κ2) is 5.01. The van der Waals surface area contributed by atoms with Crippen molar-refractivity contribution in [1.82, 2.24) is 14.9 Å². The summed E-state index contributed by atoms with van der Waals surface area (Å²) in [4.78, 5) is 21.0. The molecule has 1 saturated heterocycles. The van der Waals surface area contributed by atoms with Crippen LogP contribution in [0, 0.1) is 0 Å². The van der Waals surface area contributed by atoms with Crippen molar-refractivity contribution in [2.24, 2.45) is 0 Å². The van der Waals surface area contributed by atoms with Crippen molar-refractivity contribution >= 4 is 17.0 Å². The van der Waals surface area contributed by atoms with Crippen LogP contribution in [-0.4, -0.2) is 38.5 Å². The first kappa shape index (κ1) is 12.2. The number of likely N-dealkylation sites (tertiary alicyclic amines) is 1. The molecule has 100 valence electrons. The van der Waals surface area contributed by atoms with Gasteiger partial charge in [0.1, 0.15) is 11.9 Å². The third-order valence-corrected chi connectivity index (χ3v) is 3.69. The first-order valence-corrected chi connectivity index (χ1v) is 6.64. The number of H-pyrrole nitrogens is 1. The van der Waals surface area contributed by atoms with E-state index in [4.69, 9.17) is 0 Å². The fraction of sp³-hybridized carbons (Fsp3) is 0.429. The molecule has 2 aromatic rings. The van der Waals surface area contributed by atoms with Gasteiger partial charge in [0, 0.05) is 0 Å². The Morgan fingerprint density at radius 1 is 1.42 bits per heavy atom. The van der Waals surface area contributed by atoms with Crippen molar-refractivity contribution in [2.75, 3.05) is 6.54 Å². The fourth-order valence-corrected chi connectivity index (χ4v) is 2.73. The lowest BCUT2D eigenvalue weighted by Gasteiger charge is -2.31. The second-order valence-corrected chi connectivity index (χ2v) is 5.02. The van der Waals surface area contributed by atoms with Gasteiger partial charge in [0.2, 0.25) is 0 Å². The monoisotopic (exact) mass is 259 g/mol. The Balaban J connectivity index is 1.80. The molecule has 2 N–H and O–H groups in total. The van der Waals surface area contributed by atoms with Crippen molar-refractivity contribution in [3.63, 3.8) is 0 Å². The third-order valence-electron chi connectivity index (χ3n) is 3.69. The topological polar surface area (TPSA) is 69.2 Å². The number of carboxylic acids is 1. The third kappa shape index (κ3) is 2.46. The number of nitrogens with zero attached hydrogens (tertiary/aromatic N) is 2. The zero-order valence-electron chi connectivity index (χ0n) is 10.7. The molecule has 0 radical (unpaired) electrons. The van der Waals surface area contributed by atoms with Crippen molar-refractivity contribution < 1.29 is 9.90 Å². The van der Waals surface area contributed by atoms with Gasteiger partial charge in [0.25, 0.3) is 0 Å².